The SMILES string of the molecule is Cc1cc(C)cc(N2C(=O)C(=O)/C(=C(\O)c3ccc(F)cc3)C2c2ccc(O)c(Cl)c2)c1. The lowest BCUT2D eigenvalue weighted by atomic mass is 9.95. The number of aliphatic hydroxyl groups is 1. The molecule has 5 nitrogen and oxygen atoms in total. The number of carbonyl (C=O) groups is 2. The van der Waals surface area contributed by atoms with Gasteiger partial charge in [0.25, 0.3) is 11.7 Å². The first-order valence-corrected chi connectivity index (χ1v) is 10.2. The maximum absolute atomic E-state index is 13.4. The first kappa shape index (κ1) is 21.6. The molecule has 0 aromatic heterocycles. The van der Waals surface area contributed by atoms with Crippen LogP contribution in [0.5, 0.6) is 5.75 Å². The van der Waals surface area contributed by atoms with Crippen molar-refractivity contribution in [2.45, 2.75) is 19.9 Å². The minimum absolute atomic E-state index is 0.0373. The Hall–Kier alpha value is -3.64. The van der Waals surface area contributed by atoms with E-state index in [1.807, 2.05) is 19.9 Å². The minimum Gasteiger partial charge on any atom is -0.507 e. The second-order valence-electron chi connectivity index (χ2n) is 7.73. The van der Waals surface area contributed by atoms with E-state index >= 15 is 0 Å². The molecule has 1 heterocycles. The molecule has 2 N–H and O–H groups in total. The fourth-order valence-electron chi connectivity index (χ4n) is 3.96. The number of aryl methyl sites for hydroxylation is 2. The number of aromatic hydroxyl groups is 1. The summed E-state index contributed by atoms with van der Waals surface area (Å²) in [5.74, 6) is -2.77. The number of Topliss-reactive ketones (excluding diaryl/α,β-unsaturated/α-hetero) is 1. The van der Waals surface area contributed by atoms with Gasteiger partial charge in [-0.2, -0.15) is 0 Å². The van der Waals surface area contributed by atoms with Crippen molar-refractivity contribution in [3.63, 3.8) is 0 Å². The summed E-state index contributed by atoms with van der Waals surface area (Å²) in [4.78, 5) is 27.6. The highest BCUT2D eigenvalue weighted by Crippen LogP contribution is 2.43. The summed E-state index contributed by atoms with van der Waals surface area (Å²) in [5, 5.41) is 20.9. The van der Waals surface area contributed by atoms with Crippen LogP contribution < -0.4 is 4.90 Å². The number of ketones is 1. The topological polar surface area (TPSA) is 77.8 Å². The van der Waals surface area contributed by atoms with Gasteiger partial charge in [-0.25, -0.2) is 4.39 Å². The zero-order chi connectivity index (χ0) is 23.2. The van der Waals surface area contributed by atoms with Crippen LogP contribution in [0.15, 0.2) is 66.2 Å². The molecule has 0 saturated carbocycles. The van der Waals surface area contributed by atoms with E-state index in [0.29, 0.717) is 11.3 Å². The molecule has 0 radical (unpaired) electrons. The third kappa shape index (κ3) is 3.74. The summed E-state index contributed by atoms with van der Waals surface area (Å²) in [6.07, 6.45) is 0. The monoisotopic (exact) mass is 451 g/mol. The number of rotatable bonds is 3. The van der Waals surface area contributed by atoms with Crippen LogP contribution in [0.3, 0.4) is 0 Å². The number of aliphatic hydroxyl groups excluding tert-OH is 1. The molecule has 0 aliphatic carbocycles. The summed E-state index contributed by atoms with van der Waals surface area (Å²) in [7, 11) is 0. The van der Waals surface area contributed by atoms with Gasteiger partial charge in [0.1, 0.15) is 17.3 Å². The molecule has 1 saturated heterocycles. The summed E-state index contributed by atoms with van der Waals surface area (Å²) >= 11 is 6.11. The number of carbonyl (C=O) groups excluding carboxylic acids is 2. The van der Waals surface area contributed by atoms with Gasteiger partial charge in [-0.05, 0) is 79.1 Å². The fraction of sp³-hybridized carbons (Fsp3) is 0.120. The van der Waals surface area contributed by atoms with Crippen molar-refractivity contribution in [3.8, 4) is 5.75 Å². The molecule has 1 aliphatic rings. The first-order valence-electron chi connectivity index (χ1n) is 9.81. The Morgan fingerprint density at radius 1 is 0.969 bits per heavy atom. The highest BCUT2D eigenvalue weighted by Gasteiger charge is 2.47. The van der Waals surface area contributed by atoms with Crippen LogP contribution in [0.1, 0.15) is 28.3 Å². The highest BCUT2D eigenvalue weighted by molar-refractivity contribution is 6.51. The second kappa shape index (κ2) is 8.13. The fourth-order valence-corrected chi connectivity index (χ4v) is 4.15. The van der Waals surface area contributed by atoms with E-state index in [1.54, 1.807) is 12.1 Å². The van der Waals surface area contributed by atoms with Gasteiger partial charge in [0.2, 0.25) is 0 Å². The Labute approximate surface area is 189 Å². The van der Waals surface area contributed by atoms with Crippen LogP contribution in [0, 0.1) is 19.7 Å². The lowest BCUT2D eigenvalue weighted by Crippen LogP contribution is -2.29. The van der Waals surface area contributed by atoms with Gasteiger partial charge in [0.15, 0.2) is 0 Å². The van der Waals surface area contributed by atoms with Crippen LogP contribution >= 0.6 is 11.6 Å². The zero-order valence-electron chi connectivity index (χ0n) is 17.3. The molecule has 1 atom stereocenters. The summed E-state index contributed by atoms with van der Waals surface area (Å²) < 4.78 is 13.4. The lowest BCUT2D eigenvalue weighted by molar-refractivity contribution is -0.132. The third-order valence-electron chi connectivity index (χ3n) is 5.33. The molecular weight excluding hydrogens is 433 g/mol. The van der Waals surface area contributed by atoms with Gasteiger partial charge in [-0.1, -0.05) is 23.7 Å². The van der Waals surface area contributed by atoms with Crippen LogP contribution in [0.25, 0.3) is 5.76 Å². The molecule has 1 amide bonds. The number of phenols is 1. The molecule has 1 fully saturated rings. The van der Waals surface area contributed by atoms with Crippen LogP contribution in [-0.2, 0) is 9.59 Å². The van der Waals surface area contributed by atoms with E-state index in [0.717, 1.165) is 23.3 Å². The number of hydrogen-bond donors (Lipinski definition) is 2. The predicted molar refractivity (Wildman–Crippen MR) is 120 cm³/mol. The van der Waals surface area contributed by atoms with E-state index in [9.17, 15) is 24.2 Å². The van der Waals surface area contributed by atoms with Crippen molar-refractivity contribution < 1.29 is 24.2 Å². The number of hydrogen-bond acceptors (Lipinski definition) is 4. The Morgan fingerprint density at radius 3 is 2.19 bits per heavy atom. The molecule has 32 heavy (non-hydrogen) atoms. The smallest absolute Gasteiger partial charge is 0.300 e. The summed E-state index contributed by atoms with van der Waals surface area (Å²) in [6.45, 7) is 3.75. The average molecular weight is 452 g/mol. The van der Waals surface area contributed by atoms with Crippen molar-refractivity contribution in [1.29, 1.82) is 0 Å². The maximum Gasteiger partial charge on any atom is 0.300 e. The summed E-state index contributed by atoms with van der Waals surface area (Å²) in [6, 6.07) is 13.8. The van der Waals surface area contributed by atoms with E-state index in [-0.39, 0.29) is 21.9 Å². The molecule has 1 unspecified atom stereocenters. The normalized spacial score (nSPS) is 17.8. The molecule has 3 aromatic rings. The molecule has 0 spiro atoms. The van der Waals surface area contributed by atoms with E-state index in [1.165, 1.54) is 35.2 Å². The van der Waals surface area contributed by atoms with Crippen molar-refractivity contribution >= 4 is 34.7 Å². The number of halogens is 2. The van der Waals surface area contributed by atoms with Gasteiger partial charge in [0, 0.05) is 11.3 Å². The number of phenolic OH excluding ortho intramolecular Hbond substituents is 1. The molecule has 7 heteroatoms. The van der Waals surface area contributed by atoms with Gasteiger partial charge >= 0.3 is 0 Å². The minimum atomic E-state index is -1.00. The van der Waals surface area contributed by atoms with Gasteiger partial charge in [0.05, 0.1) is 16.6 Å². The van der Waals surface area contributed by atoms with Gasteiger partial charge in [-0.3, -0.25) is 14.5 Å². The zero-order valence-corrected chi connectivity index (χ0v) is 18.0. The van der Waals surface area contributed by atoms with Gasteiger partial charge < -0.3 is 10.2 Å². The Balaban J connectivity index is 1.98. The Morgan fingerprint density at radius 2 is 1.59 bits per heavy atom. The Bertz CT molecular complexity index is 1260. The van der Waals surface area contributed by atoms with Gasteiger partial charge in [-0.15, -0.1) is 0 Å². The Kier molecular flexibility index (Phi) is 5.48. The first-order chi connectivity index (χ1) is 15.2. The molecule has 3 aromatic carbocycles. The maximum atomic E-state index is 13.4. The standard InChI is InChI=1S/C25H19ClFNO4/c1-13-9-14(2)11-18(10-13)28-22(16-5-8-20(29)19(26)12-16)21(24(31)25(28)32)23(30)15-3-6-17(27)7-4-15/h3-12,22,29-30H,1-2H3/b23-21-. The van der Waals surface area contributed by atoms with Crippen LogP contribution in [0.4, 0.5) is 10.1 Å². The lowest BCUT2D eigenvalue weighted by Gasteiger charge is -2.26. The van der Waals surface area contributed by atoms with E-state index in [2.05, 4.69) is 0 Å². The van der Waals surface area contributed by atoms with Crippen molar-refractivity contribution in [2.24, 2.45) is 0 Å². The molecule has 4 rings (SSSR count). The molecule has 162 valence electrons. The largest absolute Gasteiger partial charge is 0.507 e. The molecule has 1 aliphatic heterocycles. The van der Waals surface area contributed by atoms with Crippen LogP contribution in [-0.4, -0.2) is 21.9 Å². The summed E-state index contributed by atoms with van der Waals surface area (Å²) in [5.41, 5.74) is 2.74. The third-order valence-corrected chi connectivity index (χ3v) is 5.64. The number of benzene rings is 3. The van der Waals surface area contributed by atoms with E-state index in [4.69, 9.17) is 11.6 Å². The van der Waals surface area contributed by atoms with E-state index < -0.39 is 29.3 Å². The number of anilines is 1. The van der Waals surface area contributed by atoms with Crippen molar-refractivity contribution in [3.05, 3.63) is 99.3 Å². The quantitative estimate of drug-likeness (QED) is 0.316. The highest BCUT2D eigenvalue weighted by atomic mass is 35.5. The number of amides is 1. The predicted octanol–water partition coefficient (Wildman–Crippen LogP) is 5.43. The van der Waals surface area contributed by atoms with Crippen molar-refractivity contribution in [2.75, 3.05) is 4.90 Å². The second-order valence-corrected chi connectivity index (χ2v) is 8.14. The number of nitrogens with zero attached hydrogens (tertiary/aromatic N) is 1. The average Bonchev–Trinajstić information content (AvgIpc) is 3.00. The molecule has 0 bridgehead atoms. The molecular formula is C25H19ClFNO4. The van der Waals surface area contributed by atoms with Crippen LogP contribution in [0.2, 0.25) is 5.02 Å². The van der Waals surface area contributed by atoms with Crippen molar-refractivity contribution in [1.82, 2.24) is 0 Å².